The predicted octanol–water partition coefficient (Wildman–Crippen LogP) is 3.54. The zero-order valence-electron chi connectivity index (χ0n) is 10.8. The van der Waals surface area contributed by atoms with Gasteiger partial charge in [-0.15, -0.1) is 0 Å². The summed E-state index contributed by atoms with van der Waals surface area (Å²) in [7, 11) is 0. The van der Waals surface area contributed by atoms with Crippen molar-refractivity contribution in [3.05, 3.63) is 17.5 Å². The molecule has 0 aliphatic carbocycles. The molecule has 0 spiro atoms. The van der Waals surface area contributed by atoms with Crippen molar-refractivity contribution in [1.82, 2.24) is 9.97 Å². The van der Waals surface area contributed by atoms with Crippen LogP contribution in [0.1, 0.15) is 40.0 Å². The molecule has 1 unspecified atom stereocenters. The van der Waals surface area contributed by atoms with Gasteiger partial charge in [-0.25, -0.2) is 9.97 Å². The van der Waals surface area contributed by atoms with Gasteiger partial charge in [-0.1, -0.05) is 32.4 Å². The van der Waals surface area contributed by atoms with Crippen molar-refractivity contribution in [2.75, 3.05) is 11.4 Å². The summed E-state index contributed by atoms with van der Waals surface area (Å²) in [6.45, 7) is 7.90. The molecule has 4 heteroatoms. The summed E-state index contributed by atoms with van der Waals surface area (Å²) in [4.78, 5) is 10.6. The molecule has 0 N–H and O–H groups in total. The number of aromatic nitrogens is 2. The summed E-state index contributed by atoms with van der Waals surface area (Å²) in [5, 5.41) is 0.660. The van der Waals surface area contributed by atoms with Gasteiger partial charge in [0.05, 0.1) is 6.20 Å². The van der Waals surface area contributed by atoms with Gasteiger partial charge in [0.2, 0.25) is 0 Å². The lowest BCUT2D eigenvalue weighted by atomic mass is 9.87. The standard InChI is InChI=1S/C13H20ClN3/c1-13(2,3)7-10-5-4-6-17(10)12-11(14)8-15-9-16-12/h8-10H,4-7H2,1-3H3. The van der Waals surface area contributed by atoms with Crippen molar-refractivity contribution in [2.24, 2.45) is 5.41 Å². The second-order valence-electron chi connectivity index (χ2n) is 5.95. The van der Waals surface area contributed by atoms with Gasteiger partial charge in [0, 0.05) is 12.6 Å². The van der Waals surface area contributed by atoms with Crippen LogP contribution in [0, 0.1) is 5.41 Å². The summed E-state index contributed by atoms with van der Waals surface area (Å²) in [5.41, 5.74) is 0.340. The lowest BCUT2D eigenvalue weighted by Crippen LogP contribution is -2.33. The first-order chi connectivity index (χ1) is 7.97. The minimum Gasteiger partial charge on any atom is -0.352 e. The minimum absolute atomic E-state index is 0.340. The van der Waals surface area contributed by atoms with Crippen molar-refractivity contribution >= 4 is 17.4 Å². The van der Waals surface area contributed by atoms with E-state index >= 15 is 0 Å². The number of nitrogens with zero attached hydrogens (tertiary/aromatic N) is 3. The molecule has 0 aromatic carbocycles. The fourth-order valence-electron chi connectivity index (χ4n) is 2.55. The van der Waals surface area contributed by atoms with Gasteiger partial charge in [0.15, 0.2) is 5.82 Å². The monoisotopic (exact) mass is 253 g/mol. The number of hydrogen-bond acceptors (Lipinski definition) is 3. The molecule has 1 aromatic rings. The lowest BCUT2D eigenvalue weighted by molar-refractivity contribution is 0.338. The molecule has 1 aromatic heterocycles. The van der Waals surface area contributed by atoms with Crippen LogP contribution in [0.5, 0.6) is 0 Å². The third-order valence-electron chi connectivity index (χ3n) is 3.15. The molecule has 0 radical (unpaired) electrons. The summed E-state index contributed by atoms with van der Waals surface area (Å²) in [6, 6.07) is 0.558. The highest BCUT2D eigenvalue weighted by Crippen LogP contribution is 2.34. The Morgan fingerprint density at radius 1 is 1.47 bits per heavy atom. The second kappa shape index (κ2) is 4.81. The zero-order valence-corrected chi connectivity index (χ0v) is 11.5. The highest BCUT2D eigenvalue weighted by atomic mass is 35.5. The van der Waals surface area contributed by atoms with E-state index in [0.717, 1.165) is 12.4 Å². The third kappa shape index (κ3) is 3.09. The van der Waals surface area contributed by atoms with Gasteiger partial charge in [-0.3, -0.25) is 0 Å². The maximum absolute atomic E-state index is 6.17. The lowest BCUT2D eigenvalue weighted by Gasteiger charge is -2.31. The molecule has 3 nitrogen and oxygen atoms in total. The van der Waals surface area contributed by atoms with Crippen LogP contribution in [0.3, 0.4) is 0 Å². The average molecular weight is 254 g/mol. The first-order valence-electron chi connectivity index (χ1n) is 6.19. The first-order valence-corrected chi connectivity index (χ1v) is 6.57. The fraction of sp³-hybridized carbons (Fsp3) is 0.692. The highest BCUT2D eigenvalue weighted by molar-refractivity contribution is 6.32. The molecule has 94 valence electrons. The van der Waals surface area contributed by atoms with E-state index in [1.165, 1.54) is 19.3 Å². The van der Waals surface area contributed by atoms with Gasteiger partial charge in [-0.2, -0.15) is 0 Å². The summed E-state index contributed by atoms with van der Waals surface area (Å²) < 4.78 is 0. The Labute approximate surface area is 108 Å². The molecule has 1 aliphatic rings. The van der Waals surface area contributed by atoms with Crippen LogP contribution in [0.25, 0.3) is 0 Å². The third-order valence-corrected chi connectivity index (χ3v) is 3.41. The van der Waals surface area contributed by atoms with Crippen molar-refractivity contribution in [3.8, 4) is 0 Å². The molecule has 1 atom stereocenters. The second-order valence-corrected chi connectivity index (χ2v) is 6.36. The molecule has 1 saturated heterocycles. The Morgan fingerprint density at radius 2 is 2.24 bits per heavy atom. The number of hydrogen-bond donors (Lipinski definition) is 0. The van der Waals surface area contributed by atoms with Gasteiger partial charge in [-0.05, 0) is 24.7 Å². The van der Waals surface area contributed by atoms with Crippen LogP contribution >= 0.6 is 11.6 Å². The van der Waals surface area contributed by atoms with E-state index in [-0.39, 0.29) is 0 Å². The first kappa shape index (κ1) is 12.6. The van der Waals surface area contributed by atoms with Crippen LogP contribution in [-0.4, -0.2) is 22.6 Å². The SMILES string of the molecule is CC(C)(C)CC1CCCN1c1ncncc1Cl. The topological polar surface area (TPSA) is 29.0 Å². The fourth-order valence-corrected chi connectivity index (χ4v) is 2.76. The largest absolute Gasteiger partial charge is 0.352 e. The summed E-state index contributed by atoms with van der Waals surface area (Å²) in [6.07, 6.45) is 6.88. The molecular formula is C13H20ClN3. The molecule has 1 aliphatic heterocycles. The van der Waals surface area contributed by atoms with Crippen LogP contribution in [0.15, 0.2) is 12.5 Å². The minimum atomic E-state index is 0.340. The Morgan fingerprint density at radius 3 is 2.88 bits per heavy atom. The predicted molar refractivity (Wildman–Crippen MR) is 71.5 cm³/mol. The molecular weight excluding hydrogens is 234 g/mol. The van der Waals surface area contributed by atoms with Crippen molar-refractivity contribution < 1.29 is 0 Å². The highest BCUT2D eigenvalue weighted by Gasteiger charge is 2.30. The van der Waals surface area contributed by atoms with E-state index < -0.39 is 0 Å². The molecule has 17 heavy (non-hydrogen) atoms. The van der Waals surface area contributed by atoms with E-state index in [4.69, 9.17) is 11.6 Å². The molecule has 0 bridgehead atoms. The molecule has 0 saturated carbocycles. The van der Waals surface area contributed by atoms with Crippen LogP contribution in [0.4, 0.5) is 5.82 Å². The van der Waals surface area contributed by atoms with E-state index in [1.807, 2.05) is 0 Å². The Kier molecular flexibility index (Phi) is 3.57. The van der Waals surface area contributed by atoms with Crippen LogP contribution in [0.2, 0.25) is 5.02 Å². The van der Waals surface area contributed by atoms with Crippen LogP contribution in [-0.2, 0) is 0 Å². The quantitative estimate of drug-likeness (QED) is 0.807. The maximum atomic E-state index is 6.17. The Bertz CT molecular complexity index is 386. The van der Waals surface area contributed by atoms with Gasteiger partial charge < -0.3 is 4.90 Å². The van der Waals surface area contributed by atoms with Crippen molar-refractivity contribution in [2.45, 2.75) is 46.1 Å². The van der Waals surface area contributed by atoms with Gasteiger partial charge in [0.1, 0.15) is 11.3 Å². The smallest absolute Gasteiger partial charge is 0.151 e. The molecule has 1 fully saturated rings. The average Bonchev–Trinajstić information content (AvgIpc) is 2.64. The van der Waals surface area contributed by atoms with Gasteiger partial charge in [0.25, 0.3) is 0 Å². The van der Waals surface area contributed by atoms with E-state index in [2.05, 4.69) is 35.6 Å². The zero-order chi connectivity index (χ0) is 12.5. The number of anilines is 1. The Hall–Kier alpha value is -0.830. The van der Waals surface area contributed by atoms with E-state index in [9.17, 15) is 0 Å². The Balaban J connectivity index is 2.18. The van der Waals surface area contributed by atoms with E-state index in [0.29, 0.717) is 16.5 Å². The summed E-state index contributed by atoms with van der Waals surface area (Å²) in [5.74, 6) is 0.897. The normalized spacial score (nSPS) is 20.9. The van der Waals surface area contributed by atoms with Gasteiger partial charge >= 0.3 is 0 Å². The molecule has 0 amide bonds. The summed E-state index contributed by atoms with van der Waals surface area (Å²) >= 11 is 6.17. The maximum Gasteiger partial charge on any atom is 0.151 e. The van der Waals surface area contributed by atoms with E-state index in [1.54, 1.807) is 12.5 Å². The van der Waals surface area contributed by atoms with Crippen LogP contribution < -0.4 is 4.90 Å². The number of rotatable bonds is 2. The van der Waals surface area contributed by atoms with Crippen molar-refractivity contribution in [1.29, 1.82) is 0 Å². The number of halogens is 1. The molecule has 2 rings (SSSR count). The van der Waals surface area contributed by atoms with Crippen molar-refractivity contribution in [3.63, 3.8) is 0 Å². The molecule has 2 heterocycles.